The van der Waals surface area contributed by atoms with Gasteiger partial charge in [-0.15, -0.1) is 0 Å². The van der Waals surface area contributed by atoms with Crippen LogP contribution in [0.4, 0.5) is 0 Å². The number of rotatable bonds is 5. The van der Waals surface area contributed by atoms with Gasteiger partial charge in [0.1, 0.15) is 5.69 Å². The maximum Gasteiger partial charge on any atom is 0.328 e. The van der Waals surface area contributed by atoms with E-state index in [-0.39, 0.29) is 5.91 Å². The number of pyridine rings is 1. The summed E-state index contributed by atoms with van der Waals surface area (Å²) in [6.07, 6.45) is 6.04. The average Bonchev–Trinajstić information content (AvgIpc) is 3.22. The van der Waals surface area contributed by atoms with Crippen LogP contribution in [0, 0.1) is 0 Å². The molecule has 1 fully saturated rings. The van der Waals surface area contributed by atoms with Gasteiger partial charge in [-0.25, -0.2) is 4.79 Å². The zero-order valence-corrected chi connectivity index (χ0v) is 10.7. The van der Waals surface area contributed by atoms with E-state index in [1.54, 1.807) is 23.2 Å². The molecule has 0 aliphatic heterocycles. The van der Waals surface area contributed by atoms with Crippen molar-refractivity contribution in [3.63, 3.8) is 0 Å². The highest BCUT2D eigenvalue weighted by Gasteiger charge is 2.32. The third-order valence-electron chi connectivity index (χ3n) is 3.04. The number of hydrogen-bond donors (Lipinski definition) is 1. The highest BCUT2D eigenvalue weighted by Crippen LogP contribution is 2.28. The maximum atomic E-state index is 12.4. The van der Waals surface area contributed by atoms with Crippen molar-refractivity contribution in [3.8, 4) is 0 Å². The van der Waals surface area contributed by atoms with Crippen LogP contribution in [0.15, 0.2) is 24.4 Å². The molecule has 0 bridgehead atoms. The van der Waals surface area contributed by atoms with E-state index in [2.05, 4.69) is 4.98 Å². The molecule has 0 spiro atoms. The number of carboxylic acid groups (broad SMARTS) is 1. The Balaban J connectivity index is 2.27. The molecular formula is C14H16N2O3. The lowest BCUT2D eigenvalue weighted by Gasteiger charge is -2.20. The van der Waals surface area contributed by atoms with Crippen LogP contribution in [-0.4, -0.2) is 39.5 Å². The summed E-state index contributed by atoms with van der Waals surface area (Å²) >= 11 is 0. The first-order valence-corrected chi connectivity index (χ1v) is 6.30. The van der Waals surface area contributed by atoms with Crippen LogP contribution in [-0.2, 0) is 4.79 Å². The Hall–Kier alpha value is -2.17. The van der Waals surface area contributed by atoms with Gasteiger partial charge >= 0.3 is 5.97 Å². The van der Waals surface area contributed by atoms with Gasteiger partial charge in [0, 0.05) is 30.4 Å². The average molecular weight is 260 g/mol. The Morgan fingerprint density at radius 2 is 2.26 bits per heavy atom. The highest BCUT2D eigenvalue weighted by atomic mass is 16.4. The van der Waals surface area contributed by atoms with Gasteiger partial charge in [-0.3, -0.25) is 9.78 Å². The van der Waals surface area contributed by atoms with Crippen molar-refractivity contribution >= 4 is 18.0 Å². The third-order valence-corrected chi connectivity index (χ3v) is 3.04. The fraction of sp³-hybridized carbons (Fsp3) is 0.357. The minimum absolute atomic E-state index is 0.129. The lowest BCUT2D eigenvalue weighted by atomic mass is 10.1. The Bertz CT molecular complexity index is 521. The van der Waals surface area contributed by atoms with E-state index >= 15 is 0 Å². The van der Waals surface area contributed by atoms with Crippen molar-refractivity contribution < 1.29 is 14.7 Å². The van der Waals surface area contributed by atoms with E-state index in [1.165, 1.54) is 6.08 Å². The molecule has 19 heavy (non-hydrogen) atoms. The fourth-order valence-electron chi connectivity index (χ4n) is 1.98. The Morgan fingerprint density at radius 1 is 1.53 bits per heavy atom. The van der Waals surface area contributed by atoms with Gasteiger partial charge in [0.2, 0.25) is 0 Å². The highest BCUT2D eigenvalue weighted by molar-refractivity contribution is 5.97. The molecule has 1 aliphatic carbocycles. The van der Waals surface area contributed by atoms with E-state index in [0.717, 1.165) is 18.9 Å². The molecule has 0 unspecified atom stereocenters. The van der Waals surface area contributed by atoms with Crippen molar-refractivity contribution in [2.75, 3.05) is 6.54 Å². The van der Waals surface area contributed by atoms with Gasteiger partial charge in [0.15, 0.2) is 0 Å². The zero-order chi connectivity index (χ0) is 13.8. The minimum Gasteiger partial charge on any atom is -0.478 e. The SMILES string of the molecule is CCN(C(=O)c1ncccc1/C=C/C(=O)O)C1CC1. The molecule has 2 rings (SSSR count). The summed E-state index contributed by atoms with van der Waals surface area (Å²) in [7, 11) is 0. The van der Waals surface area contributed by atoms with Crippen LogP contribution in [0.1, 0.15) is 35.8 Å². The first-order chi connectivity index (χ1) is 9.13. The molecular weight excluding hydrogens is 244 g/mol. The Kier molecular flexibility index (Phi) is 3.94. The number of aromatic nitrogens is 1. The molecule has 0 radical (unpaired) electrons. The molecule has 1 aromatic heterocycles. The standard InChI is InChI=1S/C14H16N2O3/c1-2-16(11-6-7-11)14(19)13-10(4-3-9-15-13)5-8-12(17)18/h3-5,8-9,11H,2,6-7H2,1H3,(H,17,18)/b8-5+. The van der Waals surface area contributed by atoms with Crippen LogP contribution in [0.5, 0.6) is 0 Å². The van der Waals surface area contributed by atoms with Crippen molar-refractivity contribution in [1.82, 2.24) is 9.88 Å². The number of carbonyl (C=O) groups is 2. The number of carboxylic acids is 1. The number of hydrogen-bond acceptors (Lipinski definition) is 3. The van der Waals surface area contributed by atoms with Crippen LogP contribution in [0.3, 0.4) is 0 Å². The summed E-state index contributed by atoms with van der Waals surface area (Å²) in [6, 6.07) is 3.70. The molecule has 0 atom stereocenters. The van der Waals surface area contributed by atoms with E-state index in [0.29, 0.717) is 23.8 Å². The first-order valence-electron chi connectivity index (χ1n) is 6.30. The molecule has 5 nitrogen and oxygen atoms in total. The molecule has 1 saturated carbocycles. The van der Waals surface area contributed by atoms with Crippen LogP contribution in [0.25, 0.3) is 6.08 Å². The van der Waals surface area contributed by atoms with E-state index in [9.17, 15) is 9.59 Å². The second kappa shape index (κ2) is 5.65. The van der Waals surface area contributed by atoms with Gasteiger partial charge in [0.25, 0.3) is 5.91 Å². The van der Waals surface area contributed by atoms with Crippen molar-refractivity contribution in [2.24, 2.45) is 0 Å². The molecule has 5 heteroatoms. The van der Waals surface area contributed by atoms with Gasteiger partial charge in [-0.1, -0.05) is 6.07 Å². The topological polar surface area (TPSA) is 70.5 Å². The number of aliphatic carboxylic acids is 1. The Labute approximate surface area is 111 Å². The van der Waals surface area contributed by atoms with Gasteiger partial charge in [-0.05, 0) is 31.9 Å². The summed E-state index contributed by atoms with van der Waals surface area (Å²) in [6.45, 7) is 2.58. The van der Waals surface area contributed by atoms with Gasteiger partial charge < -0.3 is 10.0 Å². The molecule has 100 valence electrons. The predicted molar refractivity (Wildman–Crippen MR) is 70.6 cm³/mol. The van der Waals surface area contributed by atoms with E-state index in [4.69, 9.17) is 5.11 Å². The quantitative estimate of drug-likeness (QED) is 0.819. The zero-order valence-electron chi connectivity index (χ0n) is 10.7. The largest absolute Gasteiger partial charge is 0.478 e. The number of carbonyl (C=O) groups excluding carboxylic acids is 1. The molecule has 1 heterocycles. The summed E-state index contributed by atoms with van der Waals surface area (Å²) in [5.74, 6) is -1.17. The molecule has 1 aromatic rings. The van der Waals surface area contributed by atoms with Crippen molar-refractivity contribution in [2.45, 2.75) is 25.8 Å². The van der Waals surface area contributed by atoms with Crippen LogP contribution in [0.2, 0.25) is 0 Å². The number of amides is 1. The lowest BCUT2D eigenvalue weighted by molar-refractivity contribution is -0.131. The second-order valence-corrected chi connectivity index (χ2v) is 4.44. The first kappa shape index (κ1) is 13.3. The maximum absolute atomic E-state index is 12.4. The summed E-state index contributed by atoms with van der Waals surface area (Å²) in [5, 5.41) is 8.66. The van der Waals surface area contributed by atoms with E-state index < -0.39 is 5.97 Å². The summed E-state index contributed by atoms with van der Waals surface area (Å²) in [4.78, 5) is 28.9. The second-order valence-electron chi connectivity index (χ2n) is 4.44. The van der Waals surface area contributed by atoms with Gasteiger partial charge in [-0.2, -0.15) is 0 Å². The molecule has 0 aromatic carbocycles. The fourth-order valence-corrected chi connectivity index (χ4v) is 1.98. The minimum atomic E-state index is -1.04. The molecule has 0 saturated heterocycles. The van der Waals surface area contributed by atoms with E-state index in [1.807, 2.05) is 6.92 Å². The predicted octanol–water partition coefficient (Wildman–Crippen LogP) is 1.80. The third kappa shape index (κ3) is 3.19. The van der Waals surface area contributed by atoms with Crippen molar-refractivity contribution in [3.05, 3.63) is 35.7 Å². The summed E-state index contributed by atoms with van der Waals surface area (Å²) < 4.78 is 0. The smallest absolute Gasteiger partial charge is 0.328 e. The van der Waals surface area contributed by atoms with Crippen LogP contribution >= 0.6 is 0 Å². The molecule has 1 aliphatic rings. The normalized spacial score (nSPS) is 14.6. The molecule has 1 N–H and O–H groups in total. The molecule has 1 amide bonds. The lowest BCUT2D eigenvalue weighted by Crippen LogP contribution is -2.33. The summed E-state index contributed by atoms with van der Waals surface area (Å²) in [5.41, 5.74) is 0.850. The Morgan fingerprint density at radius 3 is 2.84 bits per heavy atom. The number of nitrogens with zero attached hydrogens (tertiary/aromatic N) is 2. The van der Waals surface area contributed by atoms with Crippen LogP contribution < -0.4 is 0 Å². The van der Waals surface area contributed by atoms with Crippen molar-refractivity contribution in [1.29, 1.82) is 0 Å². The monoisotopic (exact) mass is 260 g/mol. The van der Waals surface area contributed by atoms with Gasteiger partial charge in [0.05, 0.1) is 0 Å².